The van der Waals surface area contributed by atoms with E-state index in [0.29, 0.717) is 11.1 Å². The maximum Gasteiger partial charge on any atom is 0.277 e. The molecule has 3 aromatic rings. The third-order valence-corrected chi connectivity index (χ3v) is 5.31. The fraction of sp³-hybridized carbons (Fsp3) is 0.143. The van der Waals surface area contributed by atoms with Crippen LogP contribution in [0, 0.1) is 0 Å². The van der Waals surface area contributed by atoms with Gasteiger partial charge in [0.05, 0.1) is 14.2 Å². The molecule has 0 aliphatic heterocycles. The maximum absolute atomic E-state index is 12.1. The van der Waals surface area contributed by atoms with Crippen LogP contribution in [0.3, 0.4) is 0 Å². The molecule has 0 aliphatic rings. The van der Waals surface area contributed by atoms with Gasteiger partial charge < -0.3 is 0 Å². The minimum atomic E-state index is -0.190. The molecule has 34 heavy (non-hydrogen) atoms. The first-order valence-corrected chi connectivity index (χ1v) is 10.7. The average Bonchev–Trinajstić information content (AvgIpc) is 2.90. The van der Waals surface area contributed by atoms with Crippen LogP contribution in [0.1, 0.15) is 43.0 Å². The van der Waals surface area contributed by atoms with Gasteiger partial charge in [-0.15, -0.1) is 0 Å². The highest BCUT2D eigenvalue weighted by molar-refractivity contribution is 5.94. The summed E-state index contributed by atoms with van der Waals surface area (Å²) < 4.78 is 0. The molecule has 0 atom stereocenters. The summed E-state index contributed by atoms with van der Waals surface area (Å²) >= 11 is 0. The Morgan fingerprint density at radius 2 is 0.765 bits per heavy atom. The fourth-order valence-corrected chi connectivity index (χ4v) is 3.11. The molecular weight excluding hydrogens is 428 g/mol. The number of hydrogen-bond acceptors (Lipinski definition) is 4. The number of benzene rings is 3. The van der Waals surface area contributed by atoms with Crippen molar-refractivity contribution < 1.29 is 19.3 Å². The van der Waals surface area contributed by atoms with Gasteiger partial charge in [0.25, 0.3) is 11.8 Å². The molecule has 0 aliphatic carbocycles. The summed E-state index contributed by atoms with van der Waals surface area (Å²) in [6, 6.07) is 22.9. The van der Waals surface area contributed by atoms with Crippen LogP contribution >= 0.6 is 0 Å². The molecule has 0 N–H and O–H groups in total. The van der Waals surface area contributed by atoms with E-state index in [1.807, 2.05) is 72.8 Å². The van der Waals surface area contributed by atoms with Gasteiger partial charge in [-0.1, -0.05) is 72.8 Å². The zero-order valence-electron chi connectivity index (χ0n) is 19.8. The zero-order valence-corrected chi connectivity index (χ0v) is 19.8. The highest BCUT2D eigenvalue weighted by atomic mass is 16.7. The van der Waals surface area contributed by atoms with Crippen molar-refractivity contribution in [1.82, 2.24) is 10.1 Å². The first-order valence-electron chi connectivity index (χ1n) is 10.7. The standard InChI is InChI=1S/C28H28N2O4/c1-29(33-3)27(31)25-17-13-23(14-18-25)11-9-21-5-7-22(8-6-21)10-12-24-15-19-26(20-16-24)28(32)30(2)34-4/h5-20H,1-4H3/b11-9+,12-10+. The molecular formula is C28H28N2O4. The van der Waals surface area contributed by atoms with Crippen molar-refractivity contribution in [3.8, 4) is 0 Å². The molecule has 0 aromatic heterocycles. The quantitative estimate of drug-likeness (QED) is 0.341. The van der Waals surface area contributed by atoms with Crippen LogP contribution in [0.2, 0.25) is 0 Å². The van der Waals surface area contributed by atoms with E-state index in [1.54, 1.807) is 38.4 Å². The van der Waals surface area contributed by atoms with Gasteiger partial charge in [0, 0.05) is 25.2 Å². The normalized spacial score (nSPS) is 11.2. The van der Waals surface area contributed by atoms with Crippen LogP contribution in [0.15, 0.2) is 72.8 Å². The summed E-state index contributed by atoms with van der Waals surface area (Å²) in [6.07, 6.45) is 8.06. The molecule has 3 aromatic carbocycles. The van der Waals surface area contributed by atoms with E-state index in [-0.39, 0.29) is 11.8 Å². The van der Waals surface area contributed by atoms with Crippen molar-refractivity contribution in [3.63, 3.8) is 0 Å². The van der Waals surface area contributed by atoms with Crippen molar-refractivity contribution in [1.29, 1.82) is 0 Å². The van der Waals surface area contributed by atoms with Gasteiger partial charge in [-0.2, -0.15) is 0 Å². The van der Waals surface area contributed by atoms with Crippen molar-refractivity contribution in [3.05, 3.63) is 106 Å². The average molecular weight is 457 g/mol. The Hall–Kier alpha value is -4.00. The molecule has 0 spiro atoms. The molecule has 6 nitrogen and oxygen atoms in total. The SMILES string of the molecule is CON(C)C(=O)c1ccc(/C=C/c2ccc(/C=C/c3ccc(C(=O)N(C)OC)cc3)cc2)cc1. The number of nitrogens with zero attached hydrogens (tertiary/aromatic N) is 2. The van der Waals surface area contributed by atoms with E-state index in [4.69, 9.17) is 9.68 Å². The highest BCUT2D eigenvalue weighted by Gasteiger charge is 2.11. The summed E-state index contributed by atoms with van der Waals surface area (Å²) in [7, 11) is 6.08. The predicted octanol–water partition coefficient (Wildman–Crippen LogP) is 5.29. The lowest BCUT2D eigenvalue weighted by Crippen LogP contribution is -2.25. The number of amides is 2. The second-order valence-electron chi connectivity index (χ2n) is 7.55. The van der Waals surface area contributed by atoms with E-state index < -0.39 is 0 Å². The van der Waals surface area contributed by atoms with Gasteiger partial charge >= 0.3 is 0 Å². The summed E-state index contributed by atoms with van der Waals surface area (Å²) in [4.78, 5) is 34.0. The minimum absolute atomic E-state index is 0.190. The zero-order chi connectivity index (χ0) is 24.5. The minimum Gasteiger partial charge on any atom is -0.274 e. The summed E-state index contributed by atoms with van der Waals surface area (Å²) in [6.45, 7) is 0. The molecule has 0 fully saturated rings. The van der Waals surface area contributed by atoms with Crippen molar-refractivity contribution in [2.24, 2.45) is 0 Å². The van der Waals surface area contributed by atoms with E-state index in [1.165, 1.54) is 24.3 Å². The van der Waals surface area contributed by atoms with Gasteiger partial charge in [-0.3, -0.25) is 19.3 Å². The van der Waals surface area contributed by atoms with E-state index in [9.17, 15) is 9.59 Å². The van der Waals surface area contributed by atoms with Crippen LogP contribution in [-0.2, 0) is 9.68 Å². The van der Waals surface area contributed by atoms with Gasteiger partial charge in [0.1, 0.15) is 0 Å². The van der Waals surface area contributed by atoms with Gasteiger partial charge in [-0.05, 0) is 46.5 Å². The Morgan fingerprint density at radius 1 is 0.529 bits per heavy atom. The maximum atomic E-state index is 12.1. The Kier molecular flexibility index (Phi) is 8.51. The largest absolute Gasteiger partial charge is 0.277 e. The summed E-state index contributed by atoms with van der Waals surface area (Å²) in [5.74, 6) is -0.380. The lowest BCUT2D eigenvalue weighted by Gasteiger charge is -2.13. The number of hydroxylamine groups is 4. The predicted molar refractivity (Wildman–Crippen MR) is 135 cm³/mol. The van der Waals surface area contributed by atoms with Gasteiger partial charge in [0.15, 0.2) is 0 Å². The summed E-state index contributed by atoms with van der Waals surface area (Å²) in [5.41, 5.74) is 5.28. The fourth-order valence-electron chi connectivity index (χ4n) is 3.11. The van der Waals surface area contributed by atoms with Crippen molar-refractivity contribution in [2.45, 2.75) is 0 Å². The van der Waals surface area contributed by atoms with Crippen molar-refractivity contribution >= 4 is 36.1 Å². The Labute approximate surface area is 200 Å². The van der Waals surface area contributed by atoms with Gasteiger partial charge in [-0.25, -0.2) is 10.1 Å². The van der Waals surface area contributed by atoms with Crippen LogP contribution < -0.4 is 0 Å². The van der Waals surface area contributed by atoms with Crippen LogP contribution in [0.4, 0.5) is 0 Å². The lowest BCUT2D eigenvalue weighted by molar-refractivity contribution is -0.0757. The molecule has 0 radical (unpaired) electrons. The Balaban J connectivity index is 1.60. The van der Waals surface area contributed by atoms with Gasteiger partial charge in [0.2, 0.25) is 0 Å². The molecule has 3 rings (SSSR count). The monoisotopic (exact) mass is 456 g/mol. The van der Waals surface area contributed by atoms with Crippen molar-refractivity contribution in [2.75, 3.05) is 28.3 Å². The molecule has 6 heteroatoms. The Morgan fingerprint density at radius 3 is 1.00 bits per heavy atom. The third-order valence-electron chi connectivity index (χ3n) is 5.31. The third kappa shape index (κ3) is 6.51. The Bertz CT molecular complexity index is 1070. The molecule has 0 saturated carbocycles. The summed E-state index contributed by atoms with van der Waals surface area (Å²) in [5, 5.41) is 2.39. The van der Waals surface area contributed by atoms with E-state index in [2.05, 4.69) is 0 Å². The molecule has 0 saturated heterocycles. The number of rotatable bonds is 8. The second-order valence-corrected chi connectivity index (χ2v) is 7.55. The molecule has 0 bridgehead atoms. The number of carbonyl (C=O) groups is 2. The first kappa shape index (κ1) is 24.6. The number of carbonyl (C=O) groups excluding carboxylic acids is 2. The van der Waals surface area contributed by atoms with E-state index >= 15 is 0 Å². The first-order chi connectivity index (χ1) is 16.4. The highest BCUT2D eigenvalue weighted by Crippen LogP contribution is 2.15. The molecule has 0 heterocycles. The molecule has 174 valence electrons. The van der Waals surface area contributed by atoms with Crippen LogP contribution in [0.5, 0.6) is 0 Å². The topological polar surface area (TPSA) is 59.1 Å². The smallest absolute Gasteiger partial charge is 0.274 e. The van der Waals surface area contributed by atoms with Crippen LogP contribution in [0.25, 0.3) is 24.3 Å². The molecule has 2 amide bonds. The second kappa shape index (κ2) is 11.7. The van der Waals surface area contributed by atoms with E-state index in [0.717, 1.165) is 22.3 Å². The van der Waals surface area contributed by atoms with Crippen LogP contribution in [-0.4, -0.2) is 50.3 Å². The molecule has 0 unspecified atom stereocenters. The number of hydrogen-bond donors (Lipinski definition) is 0. The lowest BCUT2D eigenvalue weighted by atomic mass is 10.1.